The van der Waals surface area contributed by atoms with E-state index in [4.69, 9.17) is 4.98 Å². The first-order valence-electron chi connectivity index (χ1n) is 10.1. The molecule has 0 N–H and O–H groups in total. The first-order chi connectivity index (χ1) is 15.2. The van der Waals surface area contributed by atoms with Gasteiger partial charge in [0, 0.05) is 16.6 Å². The Labute approximate surface area is 179 Å². The summed E-state index contributed by atoms with van der Waals surface area (Å²) in [6.45, 7) is 1.88. The Morgan fingerprint density at radius 3 is 2.26 bits per heavy atom. The number of benzene rings is 3. The zero-order valence-corrected chi connectivity index (χ0v) is 17.0. The summed E-state index contributed by atoms with van der Waals surface area (Å²) in [5.41, 5.74) is 6.35. The maximum absolute atomic E-state index is 13.4. The average Bonchev–Trinajstić information content (AvgIpc) is 2.82. The van der Waals surface area contributed by atoms with Crippen LogP contribution in [0.4, 0.5) is 0 Å². The zero-order valence-electron chi connectivity index (χ0n) is 17.0. The maximum Gasteiger partial charge on any atom is 0.188 e. The van der Waals surface area contributed by atoms with Crippen LogP contribution in [-0.4, -0.2) is 20.7 Å². The molecule has 0 unspecified atom stereocenters. The molecule has 0 fully saturated rings. The number of para-hydroxylation sites is 3. The second-order valence-electron chi connectivity index (χ2n) is 7.31. The van der Waals surface area contributed by atoms with Crippen LogP contribution in [0.15, 0.2) is 91.1 Å². The van der Waals surface area contributed by atoms with Gasteiger partial charge in [-0.05, 0) is 42.8 Å². The molecule has 0 spiro atoms. The Morgan fingerprint density at radius 1 is 0.774 bits per heavy atom. The van der Waals surface area contributed by atoms with Crippen LogP contribution in [0.2, 0.25) is 0 Å². The summed E-state index contributed by atoms with van der Waals surface area (Å²) in [6.07, 6.45) is 4.95. The Bertz CT molecular complexity index is 1460. The lowest BCUT2D eigenvalue weighted by molar-refractivity contribution is 0.104. The fourth-order valence-electron chi connectivity index (χ4n) is 3.84. The van der Waals surface area contributed by atoms with Crippen molar-refractivity contribution >= 4 is 33.8 Å². The van der Waals surface area contributed by atoms with Crippen molar-refractivity contribution in [2.75, 3.05) is 0 Å². The van der Waals surface area contributed by atoms with E-state index in [0.717, 1.165) is 33.1 Å². The molecule has 0 aliphatic carbocycles. The van der Waals surface area contributed by atoms with Crippen LogP contribution in [0.5, 0.6) is 0 Å². The molecular weight excluding hydrogens is 382 g/mol. The Morgan fingerprint density at radius 2 is 1.45 bits per heavy atom. The number of allylic oxidation sites excluding steroid dienone is 1. The van der Waals surface area contributed by atoms with Crippen LogP contribution in [0, 0.1) is 6.92 Å². The molecule has 0 radical (unpaired) electrons. The van der Waals surface area contributed by atoms with E-state index in [9.17, 15) is 4.79 Å². The minimum atomic E-state index is -0.107. The molecule has 3 aromatic carbocycles. The third-order valence-corrected chi connectivity index (χ3v) is 5.25. The summed E-state index contributed by atoms with van der Waals surface area (Å²) in [5, 5.41) is 0.960. The van der Waals surface area contributed by atoms with Crippen molar-refractivity contribution in [3.8, 4) is 11.1 Å². The largest absolute Gasteiger partial charge is 0.289 e. The fraction of sp³-hybridized carbons (Fsp3) is 0.0370. The van der Waals surface area contributed by atoms with Gasteiger partial charge in [0.15, 0.2) is 5.78 Å². The van der Waals surface area contributed by atoms with Crippen LogP contribution in [0.1, 0.15) is 21.7 Å². The topological polar surface area (TPSA) is 55.7 Å². The van der Waals surface area contributed by atoms with E-state index in [-0.39, 0.29) is 5.78 Å². The van der Waals surface area contributed by atoms with Gasteiger partial charge in [0.05, 0.1) is 34.0 Å². The van der Waals surface area contributed by atoms with Gasteiger partial charge in [-0.2, -0.15) is 0 Å². The first kappa shape index (κ1) is 18.8. The van der Waals surface area contributed by atoms with Crippen LogP contribution in [0.25, 0.3) is 39.1 Å². The van der Waals surface area contributed by atoms with Gasteiger partial charge in [0.1, 0.15) is 0 Å². The summed E-state index contributed by atoms with van der Waals surface area (Å²) in [5.74, 6) is -0.107. The van der Waals surface area contributed by atoms with Crippen molar-refractivity contribution in [2.24, 2.45) is 0 Å². The molecule has 31 heavy (non-hydrogen) atoms. The monoisotopic (exact) mass is 401 g/mol. The number of carbonyl (C=O) groups is 1. The van der Waals surface area contributed by atoms with Crippen LogP contribution in [-0.2, 0) is 0 Å². The normalized spacial score (nSPS) is 11.4. The van der Waals surface area contributed by atoms with Gasteiger partial charge in [-0.1, -0.05) is 60.7 Å². The van der Waals surface area contributed by atoms with Gasteiger partial charge in [-0.25, -0.2) is 4.98 Å². The number of carbonyl (C=O) groups excluding carboxylic acids is 1. The summed E-state index contributed by atoms with van der Waals surface area (Å²) in [7, 11) is 0. The van der Waals surface area contributed by atoms with Crippen molar-refractivity contribution in [1.82, 2.24) is 15.0 Å². The SMILES string of the molecule is Cc1nc2ccccc2c(-c2ccccc2)c1C(=O)/C=C/c1cnc2ccccc2n1. The molecule has 0 saturated carbocycles. The van der Waals surface area contributed by atoms with Gasteiger partial charge >= 0.3 is 0 Å². The van der Waals surface area contributed by atoms with Gasteiger partial charge in [-0.15, -0.1) is 0 Å². The van der Waals surface area contributed by atoms with E-state index in [1.165, 1.54) is 0 Å². The predicted octanol–water partition coefficient (Wildman–Crippen LogP) is 6.05. The molecule has 5 aromatic rings. The van der Waals surface area contributed by atoms with Crippen molar-refractivity contribution in [3.63, 3.8) is 0 Å². The molecule has 2 heterocycles. The number of rotatable bonds is 4. The van der Waals surface area contributed by atoms with Gasteiger partial charge < -0.3 is 0 Å². The first-order valence-corrected chi connectivity index (χ1v) is 10.1. The number of nitrogens with zero attached hydrogens (tertiary/aromatic N) is 3. The van der Waals surface area contributed by atoms with E-state index >= 15 is 0 Å². The van der Waals surface area contributed by atoms with Crippen LogP contribution < -0.4 is 0 Å². The molecule has 0 amide bonds. The molecule has 148 valence electrons. The summed E-state index contributed by atoms with van der Waals surface area (Å²) >= 11 is 0. The van der Waals surface area contributed by atoms with Crippen molar-refractivity contribution in [1.29, 1.82) is 0 Å². The molecule has 2 aromatic heterocycles. The lowest BCUT2D eigenvalue weighted by atomic mass is 9.92. The predicted molar refractivity (Wildman–Crippen MR) is 125 cm³/mol. The number of pyridine rings is 1. The van der Waals surface area contributed by atoms with Crippen LogP contribution in [0.3, 0.4) is 0 Å². The number of aromatic nitrogens is 3. The van der Waals surface area contributed by atoms with E-state index in [1.807, 2.05) is 85.8 Å². The second-order valence-corrected chi connectivity index (χ2v) is 7.31. The molecule has 0 atom stereocenters. The molecule has 0 aliphatic rings. The smallest absolute Gasteiger partial charge is 0.188 e. The lowest BCUT2D eigenvalue weighted by Gasteiger charge is -2.14. The summed E-state index contributed by atoms with van der Waals surface area (Å²) < 4.78 is 0. The van der Waals surface area contributed by atoms with Gasteiger partial charge in [-0.3, -0.25) is 14.8 Å². The molecule has 0 aliphatic heterocycles. The fourth-order valence-corrected chi connectivity index (χ4v) is 3.84. The number of fused-ring (bicyclic) bond motifs is 2. The lowest BCUT2D eigenvalue weighted by Crippen LogP contribution is -2.05. The highest BCUT2D eigenvalue weighted by Crippen LogP contribution is 2.33. The molecular formula is C27H19N3O. The standard InChI is InChI=1S/C27H19N3O/c1-18-26(25(31)16-15-20-17-28-23-13-7-8-14-24(23)30-20)27(19-9-3-2-4-10-19)21-11-5-6-12-22(21)29-18/h2-17H,1H3/b16-15+. The molecule has 0 saturated heterocycles. The average molecular weight is 401 g/mol. The minimum absolute atomic E-state index is 0.107. The van der Waals surface area contributed by atoms with Gasteiger partial charge in [0.25, 0.3) is 0 Å². The Kier molecular flexibility index (Phi) is 4.81. The van der Waals surface area contributed by atoms with Crippen molar-refractivity contribution in [3.05, 3.63) is 108 Å². The number of hydrogen-bond acceptors (Lipinski definition) is 4. The van der Waals surface area contributed by atoms with E-state index in [2.05, 4.69) is 9.97 Å². The summed E-state index contributed by atoms with van der Waals surface area (Å²) in [4.78, 5) is 27.1. The highest BCUT2D eigenvalue weighted by atomic mass is 16.1. The number of aryl methyl sites for hydroxylation is 1. The number of hydrogen-bond donors (Lipinski definition) is 0. The van der Waals surface area contributed by atoms with E-state index < -0.39 is 0 Å². The number of ketones is 1. The van der Waals surface area contributed by atoms with Crippen molar-refractivity contribution in [2.45, 2.75) is 6.92 Å². The third kappa shape index (κ3) is 3.60. The maximum atomic E-state index is 13.4. The molecule has 4 nitrogen and oxygen atoms in total. The van der Waals surface area contributed by atoms with Crippen LogP contribution >= 0.6 is 0 Å². The summed E-state index contributed by atoms with van der Waals surface area (Å²) in [6, 6.07) is 25.6. The molecule has 5 rings (SSSR count). The molecule has 4 heteroatoms. The van der Waals surface area contributed by atoms with E-state index in [1.54, 1.807) is 18.3 Å². The zero-order chi connectivity index (χ0) is 21.2. The third-order valence-electron chi connectivity index (χ3n) is 5.25. The minimum Gasteiger partial charge on any atom is -0.289 e. The highest BCUT2D eigenvalue weighted by molar-refractivity contribution is 6.16. The van der Waals surface area contributed by atoms with Crippen molar-refractivity contribution < 1.29 is 4.79 Å². The van der Waals surface area contributed by atoms with E-state index in [0.29, 0.717) is 17.0 Å². The Balaban J connectivity index is 1.62. The Hall–Kier alpha value is -4.18. The quantitative estimate of drug-likeness (QED) is 0.272. The second kappa shape index (κ2) is 7.92. The molecule has 0 bridgehead atoms. The highest BCUT2D eigenvalue weighted by Gasteiger charge is 2.18. The van der Waals surface area contributed by atoms with Gasteiger partial charge in [0.2, 0.25) is 0 Å².